The van der Waals surface area contributed by atoms with E-state index in [1.165, 1.54) is 6.08 Å². The first-order valence-electron chi connectivity index (χ1n) is 5.44. The SMILES string of the molecule is CCn1cc(C(=O)/C=C/c2cccnc2)cn1. The molecule has 0 N–H and O–H groups in total. The Kier molecular flexibility index (Phi) is 3.45. The molecule has 2 aromatic heterocycles. The zero-order chi connectivity index (χ0) is 12.1. The van der Waals surface area contributed by atoms with Gasteiger partial charge in [0.25, 0.3) is 0 Å². The fourth-order valence-corrected chi connectivity index (χ4v) is 1.41. The lowest BCUT2D eigenvalue weighted by atomic mass is 10.2. The lowest BCUT2D eigenvalue weighted by Gasteiger charge is -1.91. The first-order chi connectivity index (χ1) is 8.29. The second kappa shape index (κ2) is 5.21. The maximum Gasteiger partial charge on any atom is 0.189 e. The van der Waals surface area contributed by atoms with Crippen LogP contribution in [-0.2, 0) is 6.54 Å². The number of hydrogen-bond acceptors (Lipinski definition) is 3. The standard InChI is InChI=1S/C13H13N3O/c1-2-16-10-12(9-15-16)13(17)6-5-11-4-3-7-14-8-11/h3-10H,2H2,1H3/b6-5+. The monoisotopic (exact) mass is 227 g/mol. The van der Waals surface area contributed by atoms with Crippen LogP contribution in [0.25, 0.3) is 6.08 Å². The average molecular weight is 227 g/mol. The molecule has 0 aliphatic heterocycles. The molecule has 0 bridgehead atoms. The van der Waals surface area contributed by atoms with Crippen LogP contribution in [0.5, 0.6) is 0 Å². The molecule has 2 heterocycles. The molecule has 4 nitrogen and oxygen atoms in total. The number of allylic oxidation sites excluding steroid dienone is 1. The van der Waals surface area contributed by atoms with E-state index < -0.39 is 0 Å². The highest BCUT2D eigenvalue weighted by atomic mass is 16.1. The van der Waals surface area contributed by atoms with Gasteiger partial charge in [-0.2, -0.15) is 5.10 Å². The van der Waals surface area contributed by atoms with Crippen molar-refractivity contribution in [2.75, 3.05) is 0 Å². The second-order valence-corrected chi connectivity index (χ2v) is 3.57. The van der Waals surface area contributed by atoms with Gasteiger partial charge in [-0.25, -0.2) is 0 Å². The summed E-state index contributed by atoms with van der Waals surface area (Å²) in [5.41, 5.74) is 1.51. The molecule has 86 valence electrons. The molecule has 4 heteroatoms. The number of aryl methyl sites for hydroxylation is 1. The molecule has 17 heavy (non-hydrogen) atoms. The van der Waals surface area contributed by atoms with Gasteiger partial charge >= 0.3 is 0 Å². The van der Waals surface area contributed by atoms with Gasteiger partial charge in [0.1, 0.15) is 0 Å². The van der Waals surface area contributed by atoms with Crippen LogP contribution >= 0.6 is 0 Å². The minimum Gasteiger partial charge on any atom is -0.289 e. The van der Waals surface area contributed by atoms with Crippen molar-refractivity contribution in [3.63, 3.8) is 0 Å². The summed E-state index contributed by atoms with van der Waals surface area (Å²) in [6, 6.07) is 3.73. The lowest BCUT2D eigenvalue weighted by Crippen LogP contribution is -1.94. The van der Waals surface area contributed by atoms with Crippen LogP contribution in [0.3, 0.4) is 0 Å². The first kappa shape index (κ1) is 11.3. The Balaban J connectivity index is 2.09. The van der Waals surface area contributed by atoms with Crippen LogP contribution in [0.2, 0.25) is 0 Å². The fraction of sp³-hybridized carbons (Fsp3) is 0.154. The van der Waals surface area contributed by atoms with Crippen molar-refractivity contribution in [3.8, 4) is 0 Å². The van der Waals surface area contributed by atoms with Crippen LogP contribution in [0, 0.1) is 0 Å². The fourth-order valence-electron chi connectivity index (χ4n) is 1.41. The van der Waals surface area contributed by atoms with Crippen LogP contribution in [0.1, 0.15) is 22.8 Å². The minimum atomic E-state index is -0.0476. The predicted octanol–water partition coefficient (Wildman–Crippen LogP) is 2.19. The summed E-state index contributed by atoms with van der Waals surface area (Å²) in [6.07, 6.45) is 10.0. The number of carbonyl (C=O) groups is 1. The third-order valence-corrected chi connectivity index (χ3v) is 2.35. The molecule has 0 amide bonds. The van der Waals surface area contributed by atoms with E-state index in [2.05, 4.69) is 10.1 Å². The van der Waals surface area contributed by atoms with Crippen molar-refractivity contribution in [2.45, 2.75) is 13.5 Å². The smallest absolute Gasteiger partial charge is 0.189 e. The third-order valence-electron chi connectivity index (χ3n) is 2.35. The quantitative estimate of drug-likeness (QED) is 0.594. The number of nitrogens with zero attached hydrogens (tertiary/aromatic N) is 3. The van der Waals surface area contributed by atoms with Crippen LogP contribution in [0.15, 0.2) is 43.0 Å². The van der Waals surface area contributed by atoms with Gasteiger partial charge in [0.05, 0.1) is 11.8 Å². The number of pyridine rings is 1. The average Bonchev–Trinajstić information content (AvgIpc) is 2.86. The number of aromatic nitrogens is 3. The van der Waals surface area contributed by atoms with Crippen molar-refractivity contribution >= 4 is 11.9 Å². The van der Waals surface area contributed by atoms with E-state index in [-0.39, 0.29) is 5.78 Å². The summed E-state index contributed by atoms with van der Waals surface area (Å²) in [6.45, 7) is 2.74. The van der Waals surface area contributed by atoms with Crippen molar-refractivity contribution in [1.29, 1.82) is 0 Å². The van der Waals surface area contributed by atoms with Gasteiger partial charge in [-0.1, -0.05) is 6.07 Å². The van der Waals surface area contributed by atoms with Crippen molar-refractivity contribution < 1.29 is 4.79 Å². The normalized spacial score (nSPS) is 10.9. The first-order valence-corrected chi connectivity index (χ1v) is 5.44. The molecule has 2 aromatic rings. The van der Waals surface area contributed by atoms with E-state index in [9.17, 15) is 4.79 Å². The van der Waals surface area contributed by atoms with Gasteiger partial charge in [0.15, 0.2) is 5.78 Å². The van der Waals surface area contributed by atoms with Gasteiger partial charge in [0.2, 0.25) is 0 Å². The highest BCUT2D eigenvalue weighted by molar-refractivity contribution is 6.06. The molecule has 0 fully saturated rings. The number of rotatable bonds is 4. The van der Waals surface area contributed by atoms with E-state index in [0.29, 0.717) is 5.56 Å². The van der Waals surface area contributed by atoms with Crippen LogP contribution in [-0.4, -0.2) is 20.5 Å². The Morgan fingerprint density at radius 3 is 3.00 bits per heavy atom. The summed E-state index contributed by atoms with van der Waals surface area (Å²) < 4.78 is 1.73. The van der Waals surface area contributed by atoms with E-state index in [1.807, 2.05) is 19.1 Å². The van der Waals surface area contributed by atoms with E-state index in [4.69, 9.17) is 0 Å². The van der Waals surface area contributed by atoms with Crippen LogP contribution < -0.4 is 0 Å². The number of carbonyl (C=O) groups excluding carboxylic acids is 1. The summed E-state index contributed by atoms with van der Waals surface area (Å²) in [4.78, 5) is 15.8. The summed E-state index contributed by atoms with van der Waals surface area (Å²) >= 11 is 0. The predicted molar refractivity (Wildman–Crippen MR) is 65.5 cm³/mol. The molecular weight excluding hydrogens is 214 g/mol. The third kappa shape index (κ3) is 2.87. The van der Waals surface area contributed by atoms with Gasteiger partial charge < -0.3 is 0 Å². The highest BCUT2D eigenvalue weighted by Crippen LogP contribution is 2.04. The van der Waals surface area contributed by atoms with Crippen LogP contribution in [0.4, 0.5) is 0 Å². The maximum atomic E-state index is 11.8. The molecule has 0 radical (unpaired) electrons. The van der Waals surface area contributed by atoms with E-state index in [1.54, 1.807) is 35.5 Å². The van der Waals surface area contributed by atoms with Gasteiger partial charge in [0, 0.05) is 25.1 Å². The number of ketones is 1. The Labute approximate surface area is 99.6 Å². The molecular formula is C13H13N3O. The Morgan fingerprint density at radius 2 is 2.35 bits per heavy atom. The maximum absolute atomic E-state index is 11.8. The minimum absolute atomic E-state index is 0.0476. The topological polar surface area (TPSA) is 47.8 Å². The molecule has 0 saturated carbocycles. The molecule has 0 aliphatic carbocycles. The summed E-state index contributed by atoms with van der Waals surface area (Å²) in [5, 5.41) is 4.06. The molecule has 0 aliphatic rings. The van der Waals surface area contributed by atoms with Crippen molar-refractivity contribution in [2.24, 2.45) is 0 Å². The number of hydrogen-bond donors (Lipinski definition) is 0. The highest BCUT2D eigenvalue weighted by Gasteiger charge is 2.04. The molecule has 0 spiro atoms. The Hall–Kier alpha value is -2.23. The van der Waals surface area contributed by atoms with Gasteiger partial charge in [-0.05, 0) is 30.7 Å². The zero-order valence-electron chi connectivity index (χ0n) is 9.58. The van der Waals surface area contributed by atoms with Crippen molar-refractivity contribution in [3.05, 3.63) is 54.1 Å². The van der Waals surface area contributed by atoms with Gasteiger partial charge in [-0.15, -0.1) is 0 Å². The molecule has 0 atom stereocenters. The second-order valence-electron chi connectivity index (χ2n) is 3.57. The molecule has 2 rings (SSSR count). The lowest BCUT2D eigenvalue weighted by molar-refractivity contribution is 0.104. The van der Waals surface area contributed by atoms with Crippen molar-refractivity contribution in [1.82, 2.24) is 14.8 Å². The molecule has 0 aromatic carbocycles. The van der Waals surface area contributed by atoms with E-state index >= 15 is 0 Å². The molecule has 0 saturated heterocycles. The van der Waals surface area contributed by atoms with Gasteiger partial charge in [-0.3, -0.25) is 14.5 Å². The summed E-state index contributed by atoms with van der Waals surface area (Å²) in [7, 11) is 0. The van der Waals surface area contributed by atoms with E-state index in [0.717, 1.165) is 12.1 Å². The summed E-state index contributed by atoms with van der Waals surface area (Å²) in [5.74, 6) is -0.0476. The largest absolute Gasteiger partial charge is 0.289 e. The Bertz CT molecular complexity index is 529. The Morgan fingerprint density at radius 1 is 1.47 bits per heavy atom. The zero-order valence-corrected chi connectivity index (χ0v) is 9.58. The molecule has 0 unspecified atom stereocenters.